The molecule has 2 aromatic carbocycles. The van der Waals surface area contributed by atoms with Crippen LogP contribution < -0.4 is 16.2 Å². The van der Waals surface area contributed by atoms with E-state index in [4.69, 9.17) is 5.73 Å². The maximum absolute atomic E-state index is 12.7. The summed E-state index contributed by atoms with van der Waals surface area (Å²) in [5.74, 6) is 0.495. The Labute approximate surface area is 168 Å². The van der Waals surface area contributed by atoms with Gasteiger partial charge >= 0.3 is 0 Å². The number of aromatic nitrogens is 3. The number of fused-ring (bicyclic) bond motifs is 2. The van der Waals surface area contributed by atoms with Crippen molar-refractivity contribution in [3.63, 3.8) is 0 Å². The van der Waals surface area contributed by atoms with E-state index < -0.39 is 0 Å². The molecule has 3 heterocycles. The van der Waals surface area contributed by atoms with Gasteiger partial charge in [0.2, 0.25) is 0 Å². The third-order valence-corrected chi connectivity index (χ3v) is 5.92. The van der Waals surface area contributed by atoms with Gasteiger partial charge in [0.25, 0.3) is 5.56 Å². The first-order valence-corrected chi connectivity index (χ1v) is 9.83. The lowest BCUT2D eigenvalue weighted by Crippen LogP contribution is -2.31. The van der Waals surface area contributed by atoms with Crippen LogP contribution in [-0.4, -0.2) is 53.1 Å². The van der Waals surface area contributed by atoms with Crippen LogP contribution in [0.1, 0.15) is 6.42 Å². The highest BCUT2D eigenvalue weighted by atomic mass is 16.1. The summed E-state index contributed by atoms with van der Waals surface area (Å²) in [6.45, 7) is 2.05. The van der Waals surface area contributed by atoms with Crippen molar-refractivity contribution >= 4 is 33.3 Å². The fourth-order valence-electron chi connectivity index (χ4n) is 4.21. The van der Waals surface area contributed by atoms with Gasteiger partial charge in [-0.05, 0) is 44.8 Å². The van der Waals surface area contributed by atoms with E-state index in [9.17, 15) is 4.79 Å². The lowest BCUT2D eigenvalue weighted by molar-refractivity contribution is 0.315. The van der Waals surface area contributed by atoms with E-state index >= 15 is 0 Å². The molecule has 0 radical (unpaired) electrons. The number of nitrogens with two attached hydrogens (primary N) is 1. The molecule has 4 aromatic rings. The average Bonchev–Trinajstić information content (AvgIpc) is 3.34. The summed E-state index contributed by atoms with van der Waals surface area (Å²) in [4.78, 5) is 28.2. The second-order valence-electron chi connectivity index (χ2n) is 7.93. The number of para-hydroxylation sites is 1. The minimum absolute atomic E-state index is 0.242. The van der Waals surface area contributed by atoms with Gasteiger partial charge in [0.05, 0.1) is 22.2 Å². The zero-order chi connectivity index (χ0) is 20.1. The standard InChI is InChI=1S/C22H24N6O/c1-27(2)14-9-10-28(12-14)13-7-8-17-18(11-13)25-21(24-17)19-20(23)15-5-3-4-6-16(15)26-22(19)29/h3-8,11,14H,9-10,12H2,1-2H3,(H,24,25)(H3,23,26,29)/t14-/m0/s1. The Morgan fingerprint density at radius 2 is 1.97 bits per heavy atom. The Balaban J connectivity index is 1.56. The number of likely N-dealkylation sites (N-methyl/N-ethyl adjacent to an activating group) is 1. The first kappa shape index (κ1) is 17.8. The van der Waals surface area contributed by atoms with Crippen LogP contribution in [0.15, 0.2) is 47.3 Å². The monoisotopic (exact) mass is 388 g/mol. The summed E-state index contributed by atoms with van der Waals surface area (Å²) < 4.78 is 0. The lowest BCUT2D eigenvalue weighted by atomic mass is 10.1. The number of nitrogens with zero attached hydrogens (tertiary/aromatic N) is 3. The molecule has 1 fully saturated rings. The quantitative estimate of drug-likeness (QED) is 0.502. The van der Waals surface area contributed by atoms with Crippen LogP contribution in [0.5, 0.6) is 0 Å². The normalized spacial score (nSPS) is 17.1. The van der Waals surface area contributed by atoms with Gasteiger partial charge in [0.15, 0.2) is 0 Å². The molecule has 7 nitrogen and oxygen atoms in total. The number of rotatable bonds is 3. The van der Waals surface area contributed by atoms with E-state index in [1.807, 2.05) is 30.3 Å². The number of aromatic amines is 2. The second-order valence-corrected chi connectivity index (χ2v) is 7.93. The van der Waals surface area contributed by atoms with E-state index in [1.165, 1.54) is 0 Å². The fourth-order valence-corrected chi connectivity index (χ4v) is 4.21. The van der Waals surface area contributed by atoms with Crippen LogP contribution in [-0.2, 0) is 0 Å². The number of imidazole rings is 1. The molecule has 0 unspecified atom stereocenters. The molecule has 0 amide bonds. The lowest BCUT2D eigenvalue weighted by Gasteiger charge is -2.21. The third-order valence-electron chi connectivity index (χ3n) is 5.92. The Morgan fingerprint density at radius 3 is 2.76 bits per heavy atom. The highest BCUT2D eigenvalue weighted by Crippen LogP contribution is 2.30. The highest BCUT2D eigenvalue weighted by Gasteiger charge is 2.24. The number of nitrogen functional groups attached to an aromatic ring is 1. The highest BCUT2D eigenvalue weighted by molar-refractivity contribution is 5.97. The molecule has 4 N–H and O–H groups in total. The van der Waals surface area contributed by atoms with E-state index in [-0.39, 0.29) is 5.56 Å². The minimum atomic E-state index is -0.242. The van der Waals surface area contributed by atoms with Gasteiger partial charge in [0, 0.05) is 30.2 Å². The Bertz CT molecular complexity index is 1270. The molecule has 1 aliphatic heterocycles. The number of nitrogens with one attached hydrogen (secondary N) is 2. The molecule has 0 aliphatic carbocycles. The van der Waals surface area contributed by atoms with Gasteiger partial charge in [-0.2, -0.15) is 0 Å². The predicted octanol–water partition coefficient (Wildman–Crippen LogP) is 2.79. The first-order chi connectivity index (χ1) is 14.0. The number of hydrogen-bond donors (Lipinski definition) is 3. The number of benzene rings is 2. The number of anilines is 2. The summed E-state index contributed by atoms with van der Waals surface area (Å²) in [6.07, 6.45) is 1.16. The zero-order valence-electron chi connectivity index (χ0n) is 16.6. The molecule has 1 saturated heterocycles. The van der Waals surface area contributed by atoms with Crippen molar-refractivity contribution in [3.05, 3.63) is 52.8 Å². The summed E-state index contributed by atoms with van der Waals surface area (Å²) in [7, 11) is 4.26. The van der Waals surface area contributed by atoms with Crippen molar-refractivity contribution in [1.82, 2.24) is 19.9 Å². The van der Waals surface area contributed by atoms with Crippen molar-refractivity contribution in [2.24, 2.45) is 0 Å². The molecule has 1 atom stereocenters. The summed E-state index contributed by atoms with van der Waals surface area (Å²) in [5.41, 5.74) is 10.5. The van der Waals surface area contributed by atoms with Crippen LogP contribution in [0.25, 0.3) is 33.3 Å². The van der Waals surface area contributed by atoms with E-state index in [0.29, 0.717) is 23.1 Å². The molecular formula is C22H24N6O. The molecule has 148 valence electrons. The van der Waals surface area contributed by atoms with Gasteiger partial charge in [-0.1, -0.05) is 18.2 Å². The van der Waals surface area contributed by atoms with Gasteiger partial charge in [-0.25, -0.2) is 4.98 Å². The van der Waals surface area contributed by atoms with Crippen LogP contribution in [0.2, 0.25) is 0 Å². The molecule has 2 aromatic heterocycles. The van der Waals surface area contributed by atoms with E-state index in [1.54, 1.807) is 0 Å². The minimum Gasteiger partial charge on any atom is -0.397 e. The summed E-state index contributed by atoms with van der Waals surface area (Å²) in [6, 6.07) is 14.3. The van der Waals surface area contributed by atoms with Gasteiger partial charge in [0.1, 0.15) is 11.4 Å². The number of H-pyrrole nitrogens is 2. The molecule has 1 aliphatic rings. The van der Waals surface area contributed by atoms with Crippen molar-refractivity contribution in [2.45, 2.75) is 12.5 Å². The molecule has 0 bridgehead atoms. The fraction of sp³-hybridized carbons (Fsp3) is 0.273. The molecule has 5 rings (SSSR count). The van der Waals surface area contributed by atoms with Crippen molar-refractivity contribution in [3.8, 4) is 11.4 Å². The van der Waals surface area contributed by atoms with E-state index in [0.717, 1.165) is 47.1 Å². The molecular weight excluding hydrogens is 364 g/mol. The first-order valence-electron chi connectivity index (χ1n) is 9.83. The Morgan fingerprint density at radius 1 is 1.14 bits per heavy atom. The summed E-state index contributed by atoms with van der Waals surface area (Å²) in [5, 5.41) is 0.815. The van der Waals surface area contributed by atoms with Gasteiger partial charge in [-0.15, -0.1) is 0 Å². The maximum Gasteiger partial charge on any atom is 0.261 e. The van der Waals surface area contributed by atoms with Crippen molar-refractivity contribution in [1.29, 1.82) is 0 Å². The van der Waals surface area contributed by atoms with Crippen LogP contribution in [0.4, 0.5) is 11.4 Å². The van der Waals surface area contributed by atoms with Crippen LogP contribution >= 0.6 is 0 Å². The van der Waals surface area contributed by atoms with Crippen LogP contribution in [0, 0.1) is 0 Å². The molecule has 0 saturated carbocycles. The van der Waals surface area contributed by atoms with Gasteiger partial charge in [-0.3, -0.25) is 4.79 Å². The zero-order valence-corrected chi connectivity index (χ0v) is 16.6. The van der Waals surface area contributed by atoms with E-state index in [2.05, 4.69) is 51.0 Å². The molecule has 7 heteroatoms. The molecule has 29 heavy (non-hydrogen) atoms. The molecule has 0 spiro atoms. The number of hydrogen-bond acceptors (Lipinski definition) is 5. The average molecular weight is 388 g/mol. The number of pyridine rings is 1. The third kappa shape index (κ3) is 2.94. The second kappa shape index (κ2) is 6.63. The smallest absolute Gasteiger partial charge is 0.261 e. The topological polar surface area (TPSA) is 94.0 Å². The Hall–Kier alpha value is -3.32. The maximum atomic E-state index is 12.7. The summed E-state index contributed by atoms with van der Waals surface area (Å²) >= 11 is 0. The van der Waals surface area contributed by atoms with Gasteiger partial charge < -0.3 is 25.5 Å². The Kier molecular flexibility index (Phi) is 4.06. The van der Waals surface area contributed by atoms with Crippen molar-refractivity contribution in [2.75, 3.05) is 37.8 Å². The van der Waals surface area contributed by atoms with Crippen molar-refractivity contribution < 1.29 is 0 Å². The predicted molar refractivity (Wildman–Crippen MR) is 118 cm³/mol. The van der Waals surface area contributed by atoms with Crippen LogP contribution in [0.3, 0.4) is 0 Å². The SMILES string of the molecule is CN(C)[C@H]1CCN(c2ccc3nc(-c4c(N)c5ccccc5[nH]c4=O)[nH]c3c2)C1. The largest absolute Gasteiger partial charge is 0.397 e.